The van der Waals surface area contributed by atoms with Gasteiger partial charge in [0.2, 0.25) is 0 Å². The van der Waals surface area contributed by atoms with E-state index < -0.39 is 0 Å². The van der Waals surface area contributed by atoms with Crippen LogP contribution in [0, 0.1) is 19.3 Å². The number of hydrogen-bond donors (Lipinski definition) is 1. The Morgan fingerprint density at radius 3 is 3.00 bits per heavy atom. The SMILES string of the molecule is C#CCCc1c(C)ccnc1N. The summed E-state index contributed by atoms with van der Waals surface area (Å²) >= 11 is 0. The van der Waals surface area contributed by atoms with E-state index in [4.69, 9.17) is 12.2 Å². The summed E-state index contributed by atoms with van der Waals surface area (Å²) in [6.45, 7) is 2.02. The quantitative estimate of drug-likeness (QED) is 0.666. The number of rotatable bonds is 2. The van der Waals surface area contributed by atoms with E-state index in [1.54, 1.807) is 6.20 Å². The molecule has 0 spiro atoms. The maximum atomic E-state index is 5.68. The van der Waals surface area contributed by atoms with E-state index in [1.165, 1.54) is 0 Å². The highest BCUT2D eigenvalue weighted by molar-refractivity contribution is 5.43. The van der Waals surface area contributed by atoms with E-state index >= 15 is 0 Å². The van der Waals surface area contributed by atoms with Gasteiger partial charge in [-0.2, -0.15) is 0 Å². The summed E-state index contributed by atoms with van der Waals surface area (Å²) in [5, 5.41) is 0. The van der Waals surface area contributed by atoms with Crippen LogP contribution in [-0.4, -0.2) is 4.98 Å². The van der Waals surface area contributed by atoms with Crippen LogP contribution in [0.15, 0.2) is 12.3 Å². The maximum absolute atomic E-state index is 5.68. The minimum absolute atomic E-state index is 0.602. The monoisotopic (exact) mass is 160 g/mol. The smallest absolute Gasteiger partial charge is 0.126 e. The lowest BCUT2D eigenvalue weighted by Crippen LogP contribution is -1.99. The number of anilines is 1. The van der Waals surface area contributed by atoms with Crippen LogP contribution in [0.4, 0.5) is 5.82 Å². The van der Waals surface area contributed by atoms with Crippen molar-refractivity contribution in [2.24, 2.45) is 0 Å². The fourth-order valence-corrected chi connectivity index (χ4v) is 1.13. The number of nitrogens with zero attached hydrogens (tertiary/aromatic N) is 1. The van der Waals surface area contributed by atoms with E-state index in [9.17, 15) is 0 Å². The molecular formula is C10H12N2. The van der Waals surface area contributed by atoms with Crippen LogP contribution < -0.4 is 5.73 Å². The molecule has 0 atom stereocenters. The topological polar surface area (TPSA) is 38.9 Å². The van der Waals surface area contributed by atoms with Crippen molar-refractivity contribution < 1.29 is 0 Å². The van der Waals surface area contributed by atoms with Crippen molar-refractivity contribution in [1.82, 2.24) is 4.98 Å². The molecule has 1 aromatic rings. The Morgan fingerprint density at radius 1 is 1.67 bits per heavy atom. The van der Waals surface area contributed by atoms with Crippen LogP contribution in [0.1, 0.15) is 17.5 Å². The van der Waals surface area contributed by atoms with Gasteiger partial charge in [-0.15, -0.1) is 12.3 Å². The van der Waals surface area contributed by atoms with Gasteiger partial charge in [-0.1, -0.05) is 0 Å². The van der Waals surface area contributed by atoms with Gasteiger partial charge in [-0.05, 0) is 30.5 Å². The first-order valence-corrected chi connectivity index (χ1v) is 3.89. The van der Waals surface area contributed by atoms with Crippen molar-refractivity contribution >= 4 is 5.82 Å². The van der Waals surface area contributed by atoms with Gasteiger partial charge in [0.15, 0.2) is 0 Å². The lowest BCUT2D eigenvalue weighted by Gasteiger charge is -2.05. The highest BCUT2D eigenvalue weighted by atomic mass is 14.8. The molecule has 0 aliphatic rings. The van der Waals surface area contributed by atoms with Crippen molar-refractivity contribution in [1.29, 1.82) is 0 Å². The molecule has 2 nitrogen and oxygen atoms in total. The van der Waals surface area contributed by atoms with Gasteiger partial charge in [-0.25, -0.2) is 4.98 Å². The second-order valence-corrected chi connectivity index (χ2v) is 2.70. The van der Waals surface area contributed by atoms with Gasteiger partial charge in [0.05, 0.1) is 0 Å². The number of nitrogen functional groups attached to an aromatic ring is 1. The van der Waals surface area contributed by atoms with Gasteiger partial charge in [0.25, 0.3) is 0 Å². The lowest BCUT2D eigenvalue weighted by molar-refractivity contribution is 1.00. The van der Waals surface area contributed by atoms with E-state index in [-0.39, 0.29) is 0 Å². The molecule has 0 fully saturated rings. The van der Waals surface area contributed by atoms with Gasteiger partial charge in [0.1, 0.15) is 5.82 Å². The van der Waals surface area contributed by atoms with Crippen molar-refractivity contribution in [3.05, 3.63) is 23.4 Å². The predicted molar refractivity (Wildman–Crippen MR) is 50.5 cm³/mol. The highest BCUT2D eigenvalue weighted by Crippen LogP contribution is 2.14. The highest BCUT2D eigenvalue weighted by Gasteiger charge is 2.01. The van der Waals surface area contributed by atoms with Crippen molar-refractivity contribution in [2.45, 2.75) is 19.8 Å². The Morgan fingerprint density at radius 2 is 2.42 bits per heavy atom. The minimum atomic E-state index is 0.602. The Kier molecular flexibility index (Phi) is 2.71. The van der Waals surface area contributed by atoms with Crippen LogP contribution in [-0.2, 0) is 6.42 Å². The van der Waals surface area contributed by atoms with Crippen molar-refractivity contribution in [2.75, 3.05) is 5.73 Å². The molecule has 0 aromatic carbocycles. The van der Waals surface area contributed by atoms with Gasteiger partial charge < -0.3 is 5.73 Å². The number of nitrogens with two attached hydrogens (primary N) is 1. The fourth-order valence-electron chi connectivity index (χ4n) is 1.13. The van der Waals surface area contributed by atoms with E-state index in [2.05, 4.69) is 10.9 Å². The summed E-state index contributed by atoms with van der Waals surface area (Å²) in [4.78, 5) is 4.00. The Labute approximate surface area is 72.8 Å². The molecule has 1 rings (SSSR count). The molecule has 0 saturated heterocycles. The molecule has 2 N–H and O–H groups in total. The Balaban J connectivity index is 2.90. The average molecular weight is 160 g/mol. The fraction of sp³-hybridized carbons (Fsp3) is 0.300. The molecule has 62 valence electrons. The van der Waals surface area contributed by atoms with Crippen LogP contribution in [0.5, 0.6) is 0 Å². The van der Waals surface area contributed by atoms with Crippen LogP contribution in [0.25, 0.3) is 0 Å². The molecule has 0 amide bonds. The van der Waals surface area contributed by atoms with Crippen LogP contribution in [0.3, 0.4) is 0 Å². The zero-order valence-electron chi connectivity index (χ0n) is 7.17. The molecule has 0 aliphatic carbocycles. The summed E-state index contributed by atoms with van der Waals surface area (Å²) in [6, 6.07) is 1.95. The molecule has 12 heavy (non-hydrogen) atoms. The first-order valence-electron chi connectivity index (χ1n) is 3.89. The standard InChI is InChI=1S/C10H12N2/c1-3-4-5-9-8(2)6-7-12-10(9)11/h1,6-7H,4-5H2,2H3,(H2,11,12). The van der Waals surface area contributed by atoms with Crippen LogP contribution in [0.2, 0.25) is 0 Å². The summed E-state index contributed by atoms with van der Waals surface area (Å²) in [7, 11) is 0. The van der Waals surface area contributed by atoms with Gasteiger partial charge >= 0.3 is 0 Å². The second kappa shape index (κ2) is 3.77. The van der Waals surface area contributed by atoms with Crippen molar-refractivity contribution in [3.8, 4) is 12.3 Å². The Bertz CT molecular complexity index is 290. The zero-order chi connectivity index (χ0) is 8.97. The van der Waals surface area contributed by atoms with E-state index in [0.717, 1.165) is 24.0 Å². The number of aromatic nitrogens is 1. The Hall–Kier alpha value is -1.49. The third kappa shape index (κ3) is 1.76. The number of hydrogen-bond acceptors (Lipinski definition) is 2. The number of pyridine rings is 1. The van der Waals surface area contributed by atoms with Gasteiger partial charge in [-0.3, -0.25) is 0 Å². The predicted octanol–water partition coefficient (Wildman–Crippen LogP) is 1.54. The first-order chi connectivity index (χ1) is 5.75. The zero-order valence-corrected chi connectivity index (χ0v) is 7.17. The lowest BCUT2D eigenvalue weighted by atomic mass is 10.1. The summed E-state index contributed by atoms with van der Waals surface area (Å²) in [5.41, 5.74) is 7.93. The normalized spacial score (nSPS) is 9.33. The molecule has 0 unspecified atom stereocenters. The molecule has 2 heteroatoms. The van der Waals surface area contributed by atoms with Gasteiger partial charge in [0, 0.05) is 12.6 Å². The number of aryl methyl sites for hydroxylation is 1. The average Bonchev–Trinajstić information content (AvgIpc) is 2.04. The molecule has 1 aromatic heterocycles. The largest absolute Gasteiger partial charge is 0.383 e. The summed E-state index contributed by atoms with van der Waals surface area (Å²) in [6.07, 6.45) is 8.42. The third-order valence-corrected chi connectivity index (χ3v) is 1.84. The molecule has 0 radical (unpaired) electrons. The molecule has 0 aliphatic heterocycles. The molecule has 1 heterocycles. The maximum Gasteiger partial charge on any atom is 0.126 e. The molecule has 0 saturated carbocycles. The van der Waals surface area contributed by atoms with E-state index in [0.29, 0.717) is 5.82 Å². The first kappa shape index (κ1) is 8.61. The molecule has 0 bridgehead atoms. The van der Waals surface area contributed by atoms with Crippen molar-refractivity contribution in [3.63, 3.8) is 0 Å². The number of terminal acetylenes is 1. The van der Waals surface area contributed by atoms with E-state index in [1.807, 2.05) is 13.0 Å². The summed E-state index contributed by atoms with van der Waals surface area (Å²) < 4.78 is 0. The minimum Gasteiger partial charge on any atom is -0.383 e. The third-order valence-electron chi connectivity index (χ3n) is 1.84. The van der Waals surface area contributed by atoms with Crippen LogP contribution >= 0.6 is 0 Å². The summed E-state index contributed by atoms with van der Waals surface area (Å²) in [5.74, 6) is 3.19. The molecular weight excluding hydrogens is 148 g/mol. The second-order valence-electron chi connectivity index (χ2n) is 2.70.